The Bertz CT molecular complexity index is 1200. The maximum Gasteiger partial charge on any atom is 0.293 e. The Morgan fingerprint density at radius 1 is 1.03 bits per heavy atom. The number of halogens is 2. The van der Waals surface area contributed by atoms with Gasteiger partial charge in [0.05, 0.1) is 12.8 Å². The number of methoxy groups -OCH3 is 1. The van der Waals surface area contributed by atoms with E-state index in [1.807, 2.05) is 30.3 Å². The van der Waals surface area contributed by atoms with Crippen LogP contribution in [0.25, 0.3) is 11.0 Å². The molecule has 0 aliphatic heterocycles. The number of furan rings is 1. The van der Waals surface area contributed by atoms with Crippen molar-refractivity contribution in [2.75, 3.05) is 17.7 Å². The minimum atomic E-state index is -0.360. The number of benzene rings is 3. The Balaban J connectivity index is 1.62. The quantitative estimate of drug-likeness (QED) is 0.353. The van der Waals surface area contributed by atoms with Crippen molar-refractivity contribution >= 4 is 51.5 Å². The second kappa shape index (κ2) is 8.69. The minimum absolute atomic E-state index is 0.192. The van der Waals surface area contributed by atoms with Gasteiger partial charge in [-0.25, -0.2) is 0 Å². The first kappa shape index (κ1) is 20.1. The Hall–Kier alpha value is -3.15. The summed E-state index contributed by atoms with van der Waals surface area (Å²) < 4.78 is 11.0. The minimum Gasteiger partial charge on any atom is -0.497 e. The topological polar surface area (TPSA) is 63.5 Å². The van der Waals surface area contributed by atoms with Crippen molar-refractivity contribution in [3.8, 4) is 5.75 Å². The average molecular weight is 441 g/mol. The Kier molecular flexibility index (Phi) is 5.84. The Morgan fingerprint density at radius 2 is 1.80 bits per heavy atom. The number of para-hydroxylation sites is 1. The number of ether oxygens (including phenoxy) is 1. The average Bonchev–Trinajstić information content (AvgIpc) is 3.12. The standard InChI is InChI=1S/C23H18Cl2N2O3/c1-29-17-10-8-16(9-11-17)27-23(28)22-21(18-4-2-3-5-20(18)30-22)26-13-14-6-7-15(24)12-19(14)25/h2-12,26H,13H2,1H3,(H,27,28). The molecule has 2 N–H and O–H groups in total. The third kappa shape index (κ3) is 4.22. The van der Waals surface area contributed by atoms with Crippen LogP contribution in [0.5, 0.6) is 5.75 Å². The van der Waals surface area contributed by atoms with E-state index in [0.29, 0.717) is 39.3 Å². The highest BCUT2D eigenvalue weighted by atomic mass is 35.5. The molecule has 152 valence electrons. The molecule has 0 saturated carbocycles. The molecular weight excluding hydrogens is 423 g/mol. The van der Waals surface area contributed by atoms with Gasteiger partial charge in [-0.2, -0.15) is 0 Å². The first-order valence-electron chi connectivity index (χ1n) is 9.20. The highest BCUT2D eigenvalue weighted by Gasteiger charge is 2.21. The molecule has 30 heavy (non-hydrogen) atoms. The summed E-state index contributed by atoms with van der Waals surface area (Å²) in [7, 11) is 1.59. The number of fused-ring (bicyclic) bond motifs is 1. The lowest BCUT2D eigenvalue weighted by atomic mass is 10.2. The van der Waals surface area contributed by atoms with E-state index < -0.39 is 0 Å². The molecule has 0 unspecified atom stereocenters. The summed E-state index contributed by atoms with van der Waals surface area (Å²) in [4.78, 5) is 13.0. The van der Waals surface area contributed by atoms with Crippen LogP contribution in [0.4, 0.5) is 11.4 Å². The molecule has 0 atom stereocenters. The zero-order valence-corrected chi connectivity index (χ0v) is 17.6. The van der Waals surface area contributed by atoms with Gasteiger partial charge in [0.2, 0.25) is 5.76 Å². The van der Waals surface area contributed by atoms with Crippen molar-refractivity contribution in [3.05, 3.63) is 88.1 Å². The zero-order chi connectivity index (χ0) is 21.1. The van der Waals surface area contributed by atoms with Gasteiger partial charge < -0.3 is 19.8 Å². The molecule has 0 aliphatic carbocycles. The lowest BCUT2D eigenvalue weighted by Gasteiger charge is -2.10. The largest absolute Gasteiger partial charge is 0.497 e. The van der Waals surface area contributed by atoms with Gasteiger partial charge >= 0.3 is 0 Å². The Morgan fingerprint density at radius 3 is 2.53 bits per heavy atom. The summed E-state index contributed by atoms with van der Waals surface area (Å²) in [6.45, 7) is 0.405. The van der Waals surface area contributed by atoms with Crippen molar-refractivity contribution < 1.29 is 13.9 Å². The van der Waals surface area contributed by atoms with Crippen LogP contribution in [0.3, 0.4) is 0 Å². The van der Waals surface area contributed by atoms with Gasteiger partial charge in [-0.3, -0.25) is 4.79 Å². The van der Waals surface area contributed by atoms with E-state index in [9.17, 15) is 4.79 Å². The highest BCUT2D eigenvalue weighted by Crippen LogP contribution is 2.32. The number of nitrogens with one attached hydrogen (secondary N) is 2. The summed E-state index contributed by atoms with van der Waals surface area (Å²) in [5, 5.41) is 8.07. The fourth-order valence-electron chi connectivity index (χ4n) is 3.09. The number of rotatable bonds is 6. The number of amides is 1. The molecule has 7 heteroatoms. The van der Waals surface area contributed by atoms with Crippen LogP contribution < -0.4 is 15.4 Å². The fraction of sp³-hybridized carbons (Fsp3) is 0.0870. The lowest BCUT2D eigenvalue weighted by Crippen LogP contribution is -2.13. The lowest BCUT2D eigenvalue weighted by molar-refractivity contribution is 0.0999. The van der Waals surface area contributed by atoms with E-state index in [1.165, 1.54) is 0 Å². The smallest absolute Gasteiger partial charge is 0.293 e. The fourth-order valence-corrected chi connectivity index (χ4v) is 3.57. The molecule has 0 spiro atoms. The van der Waals surface area contributed by atoms with Gasteiger partial charge in [-0.1, -0.05) is 41.4 Å². The third-order valence-corrected chi connectivity index (χ3v) is 5.21. The molecule has 1 amide bonds. The molecule has 0 radical (unpaired) electrons. The van der Waals surface area contributed by atoms with Gasteiger partial charge in [0.15, 0.2) is 0 Å². The predicted octanol–water partition coefficient (Wildman–Crippen LogP) is 6.61. The van der Waals surface area contributed by atoms with Crippen LogP contribution in [-0.4, -0.2) is 13.0 Å². The normalized spacial score (nSPS) is 10.8. The monoisotopic (exact) mass is 440 g/mol. The number of carbonyl (C=O) groups excluding carboxylic acids is 1. The van der Waals surface area contributed by atoms with Gasteiger partial charge in [-0.05, 0) is 54.1 Å². The summed E-state index contributed by atoms with van der Waals surface area (Å²) in [5.74, 6) is 0.539. The summed E-state index contributed by atoms with van der Waals surface area (Å²) in [6, 6.07) is 19.8. The van der Waals surface area contributed by atoms with Gasteiger partial charge in [0, 0.05) is 27.7 Å². The van der Waals surface area contributed by atoms with Crippen LogP contribution in [-0.2, 0) is 6.54 Å². The van der Waals surface area contributed by atoms with E-state index in [0.717, 1.165) is 10.9 Å². The molecule has 5 nitrogen and oxygen atoms in total. The first-order valence-corrected chi connectivity index (χ1v) is 9.95. The van der Waals surface area contributed by atoms with Crippen molar-refractivity contribution in [2.24, 2.45) is 0 Å². The highest BCUT2D eigenvalue weighted by molar-refractivity contribution is 6.35. The summed E-state index contributed by atoms with van der Waals surface area (Å²) in [6.07, 6.45) is 0. The van der Waals surface area contributed by atoms with Gasteiger partial charge in [0.25, 0.3) is 5.91 Å². The second-order valence-electron chi connectivity index (χ2n) is 6.57. The second-order valence-corrected chi connectivity index (χ2v) is 7.42. The zero-order valence-electron chi connectivity index (χ0n) is 16.0. The molecule has 4 aromatic rings. The molecule has 1 aromatic heterocycles. The first-order chi connectivity index (χ1) is 14.5. The van der Waals surface area contributed by atoms with E-state index in [-0.39, 0.29) is 11.7 Å². The molecular formula is C23H18Cl2N2O3. The van der Waals surface area contributed by atoms with E-state index in [4.69, 9.17) is 32.4 Å². The van der Waals surface area contributed by atoms with Crippen LogP contribution in [0.15, 0.2) is 71.1 Å². The maximum atomic E-state index is 13.0. The van der Waals surface area contributed by atoms with Gasteiger partial charge in [-0.15, -0.1) is 0 Å². The van der Waals surface area contributed by atoms with E-state index in [2.05, 4.69) is 10.6 Å². The number of hydrogen-bond acceptors (Lipinski definition) is 4. The van der Waals surface area contributed by atoms with Crippen molar-refractivity contribution in [1.29, 1.82) is 0 Å². The van der Waals surface area contributed by atoms with Crippen LogP contribution in [0, 0.1) is 0 Å². The van der Waals surface area contributed by atoms with E-state index in [1.54, 1.807) is 43.5 Å². The maximum absolute atomic E-state index is 13.0. The number of carbonyl (C=O) groups is 1. The van der Waals surface area contributed by atoms with Crippen molar-refractivity contribution in [2.45, 2.75) is 6.54 Å². The molecule has 0 fully saturated rings. The molecule has 0 saturated heterocycles. The number of anilines is 2. The molecule has 0 bridgehead atoms. The van der Waals surface area contributed by atoms with Crippen molar-refractivity contribution in [1.82, 2.24) is 0 Å². The van der Waals surface area contributed by atoms with Gasteiger partial charge in [0.1, 0.15) is 11.3 Å². The van der Waals surface area contributed by atoms with Crippen LogP contribution in [0.2, 0.25) is 10.0 Å². The summed E-state index contributed by atoms with van der Waals surface area (Å²) >= 11 is 12.3. The molecule has 1 heterocycles. The molecule has 0 aliphatic rings. The SMILES string of the molecule is COc1ccc(NC(=O)c2oc3ccccc3c2NCc2ccc(Cl)cc2Cl)cc1. The Labute approximate surface area is 183 Å². The third-order valence-electron chi connectivity index (χ3n) is 4.62. The summed E-state index contributed by atoms with van der Waals surface area (Å²) in [5.41, 5.74) is 2.70. The predicted molar refractivity (Wildman–Crippen MR) is 121 cm³/mol. The van der Waals surface area contributed by atoms with Crippen molar-refractivity contribution in [3.63, 3.8) is 0 Å². The van der Waals surface area contributed by atoms with Crippen LogP contribution >= 0.6 is 23.2 Å². The molecule has 4 rings (SSSR count). The van der Waals surface area contributed by atoms with Crippen LogP contribution in [0.1, 0.15) is 16.1 Å². The molecule has 3 aromatic carbocycles. The number of hydrogen-bond donors (Lipinski definition) is 2. The van der Waals surface area contributed by atoms with E-state index >= 15 is 0 Å².